The summed E-state index contributed by atoms with van der Waals surface area (Å²) in [5.74, 6) is -0.877. The van der Waals surface area contributed by atoms with Crippen LogP contribution < -0.4 is 0 Å². The number of allylic oxidation sites excluding steroid dienone is 8. The fourth-order valence-corrected chi connectivity index (χ4v) is 8.88. The summed E-state index contributed by atoms with van der Waals surface area (Å²) in [6.07, 6.45) is 72.5. The third kappa shape index (κ3) is 56.3. The maximum Gasteiger partial charge on any atom is 0.306 e. The Balaban J connectivity index is 4.31. The van der Waals surface area contributed by atoms with Crippen LogP contribution in [0.25, 0.3) is 0 Å². The van der Waals surface area contributed by atoms with Crippen molar-refractivity contribution in [2.75, 3.05) is 13.2 Å². The number of carbonyl (C=O) groups is 3. The van der Waals surface area contributed by atoms with Gasteiger partial charge in [-0.2, -0.15) is 0 Å². The minimum atomic E-state index is -0.779. The average molecular weight is 982 g/mol. The Hall–Kier alpha value is -2.63. The van der Waals surface area contributed by atoms with Crippen LogP contribution in [0.1, 0.15) is 323 Å². The second-order valence-electron chi connectivity index (χ2n) is 20.6. The van der Waals surface area contributed by atoms with E-state index in [0.29, 0.717) is 19.3 Å². The zero-order chi connectivity index (χ0) is 50.7. The zero-order valence-corrected chi connectivity index (χ0v) is 46.8. The average Bonchev–Trinajstić information content (AvgIpc) is 3.36. The Kier molecular flexibility index (Phi) is 56.7. The largest absolute Gasteiger partial charge is 0.462 e. The van der Waals surface area contributed by atoms with Gasteiger partial charge in [0.2, 0.25) is 0 Å². The van der Waals surface area contributed by atoms with Crippen molar-refractivity contribution in [3.05, 3.63) is 48.6 Å². The number of unbranched alkanes of at least 4 members (excludes halogenated alkanes) is 37. The van der Waals surface area contributed by atoms with Crippen LogP contribution in [0.3, 0.4) is 0 Å². The van der Waals surface area contributed by atoms with Gasteiger partial charge < -0.3 is 14.2 Å². The Morgan fingerprint density at radius 3 is 0.829 bits per heavy atom. The topological polar surface area (TPSA) is 78.9 Å². The predicted octanol–water partition coefficient (Wildman–Crippen LogP) is 20.6. The molecule has 0 saturated carbocycles. The fraction of sp³-hybridized carbons (Fsp3) is 0.828. The minimum absolute atomic E-state index is 0.0766. The molecule has 0 bridgehead atoms. The molecule has 0 N–H and O–H groups in total. The van der Waals surface area contributed by atoms with Gasteiger partial charge in [0.25, 0.3) is 0 Å². The van der Waals surface area contributed by atoms with Gasteiger partial charge in [-0.05, 0) is 103 Å². The summed E-state index contributed by atoms with van der Waals surface area (Å²) >= 11 is 0. The highest BCUT2D eigenvalue weighted by Gasteiger charge is 2.19. The van der Waals surface area contributed by atoms with Crippen molar-refractivity contribution < 1.29 is 28.6 Å². The SMILES string of the molecule is CCCCC/C=C\C/C=C\CCCCCCCCCCCC(=O)OC(COC(=O)CCCCCCC/C=C\CCCCC)COC(=O)CCCCCCCCCCC/C=C\CCCCCCCCCC. The molecular formula is C64H116O6. The van der Waals surface area contributed by atoms with Crippen molar-refractivity contribution >= 4 is 17.9 Å². The lowest BCUT2D eigenvalue weighted by atomic mass is 10.1. The van der Waals surface area contributed by atoms with Crippen molar-refractivity contribution in [3.8, 4) is 0 Å². The summed E-state index contributed by atoms with van der Waals surface area (Å²) in [6, 6.07) is 0. The molecule has 6 heteroatoms. The van der Waals surface area contributed by atoms with Crippen LogP contribution in [0.5, 0.6) is 0 Å². The van der Waals surface area contributed by atoms with Crippen LogP contribution in [-0.2, 0) is 28.6 Å². The fourth-order valence-electron chi connectivity index (χ4n) is 8.88. The van der Waals surface area contributed by atoms with Crippen LogP contribution in [0.4, 0.5) is 0 Å². The van der Waals surface area contributed by atoms with Crippen molar-refractivity contribution in [3.63, 3.8) is 0 Å². The van der Waals surface area contributed by atoms with E-state index in [1.165, 1.54) is 212 Å². The molecule has 0 rings (SSSR count). The minimum Gasteiger partial charge on any atom is -0.462 e. The van der Waals surface area contributed by atoms with Gasteiger partial charge in [0, 0.05) is 19.3 Å². The first-order valence-electron chi connectivity index (χ1n) is 30.6. The summed E-state index contributed by atoms with van der Waals surface area (Å²) in [5.41, 5.74) is 0. The highest BCUT2D eigenvalue weighted by atomic mass is 16.6. The quantitative estimate of drug-likeness (QED) is 0.0261. The van der Waals surface area contributed by atoms with Gasteiger partial charge in [0.1, 0.15) is 13.2 Å². The molecule has 0 saturated heterocycles. The van der Waals surface area contributed by atoms with E-state index in [9.17, 15) is 14.4 Å². The Morgan fingerprint density at radius 1 is 0.286 bits per heavy atom. The molecule has 6 nitrogen and oxygen atoms in total. The van der Waals surface area contributed by atoms with Gasteiger partial charge in [-0.15, -0.1) is 0 Å². The smallest absolute Gasteiger partial charge is 0.306 e. The number of rotatable bonds is 56. The summed E-state index contributed by atoms with van der Waals surface area (Å²) < 4.78 is 16.9. The van der Waals surface area contributed by atoms with E-state index >= 15 is 0 Å². The summed E-state index contributed by atoms with van der Waals surface area (Å²) in [7, 11) is 0. The van der Waals surface area contributed by atoms with Crippen LogP contribution in [0, 0.1) is 0 Å². The normalized spacial score (nSPS) is 12.3. The molecule has 70 heavy (non-hydrogen) atoms. The maximum atomic E-state index is 12.9. The van der Waals surface area contributed by atoms with E-state index in [0.717, 1.165) is 70.6 Å². The molecule has 1 unspecified atom stereocenters. The first-order chi connectivity index (χ1) is 34.5. The van der Waals surface area contributed by atoms with E-state index in [2.05, 4.69) is 69.4 Å². The number of hydrogen-bond acceptors (Lipinski definition) is 6. The molecule has 0 spiro atoms. The highest BCUT2D eigenvalue weighted by molar-refractivity contribution is 5.71. The molecule has 0 aliphatic rings. The first kappa shape index (κ1) is 67.4. The lowest BCUT2D eigenvalue weighted by Crippen LogP contribution is -2.30. The second-order valence-corrected chi connectivity index (χ2v) is 20.6. The predicted molar refractivity (Wildman–Crippen MR) is 302 cm³/mol. The molecule has 0 aromatic carbocycles. The van der Waals surface area contributed by atoms with E-state index in [4.69, 9.17) is 14.2 Å². The van der Waals surface area contributed by atoms with Gasteiger partial charge in [-0.3, -0.25) is 14.4 Å². The third-order valence-corrected chi connectivity index (χ3v) is 13.5. The summed E-state index contributed by atoms with van der Waals surface area (Å²) in [5, 5.41) is 0. The third-order valence-electron chi connectivity index (χ3n) is 13.5. The Bertz CT molecular complexity index is 1220. The van der Waals surface area contributed by atoms with Gasteiger partial charge in [0.05, 0.1) is 0 Å². The van der Waals surface area contributed by atoms with Crippen LogP contribution in [0.2, 0.25) is 0 Å². The Morgan fingerprint density at radius 2 is 0.514 bits per heavy atom. The monoisotopic (exact) mass is 981 g/mol. The zero-order valence-electron chi connectivity index (χ0n) is 46.8. The van der Waals surface area contributed by atoms with Gasteiger partial charge in [-0.25, -0.2) is 0 Å². The van der Waals surface area contributed by atoms with Crippen LogP contribution in [0.15, 0.2) is 48.6 Å². The lowest BCUT2D eigenvalue weighted by Gasteiger charge is -2.18. The molecule has 0 heterocycles. The molecule has 0 radical (unpaired) electrons. The van der Waals surface area contributed by atoms with Gasteiger partial charge in [-0.1, -0.05) is 249 Å². The maximum absolute atomic E-state index is 12.9. The van der Waals surface area contributed by atoms with Crippen molar-refractivity contribution in [1.29, 1.82) is 0 Å². The molecule has 0 fully saturated rings. The van der Waals surface area contributed by atoms with E-state index < -0.39 is 6.10 Å². The number of esters is 3. The summed E-state index contributed by atoms with van der Waals surface area (Å²) in [4.78, 5) is 38.2. The molecule has 0 aromatic rings. The van der Waals surface area contributed by atoms with Gasteiger partial charge >= 0.3 is 17.9 Å². The van der Waals surface area contributed by atoms with E-state index in [1.54, 1.807) is 0 Å². The van der Waals surface area contributed by atoms with Crippen molar-refractivity contribution in [2.24, 2.45) is 0 Å². The second kappa shape index (κ2) is 58.9. The Labute approximate surface area is 435 Å². The number of hydrogen-bond donors (Lipinski definition) is 0. The molecule has 0 aromatic heterocycles. The van der Waals surface area contributed by atoms with Crippen molar-refractivity contribution in [2.45, 2.75) is 329 Å². The number of carbonyl (C=O) groups excluding carboxylic acids is 3. The highest BCUT2D eigenvalue weighted by Crippen LogP contribution is 2.16. The van der Waals surface area contributed by atoms with Crippen LogP contribution in [-0.4, -0.2) is 37.2 Å². The first-order valence-corrected chi connectivity index (χ1v) is 30.6. The van der Waals surface area contributed by atoms with E-state index in [-0.39, 0.29) is 31.1 Å². The molecular weight excluding hydrogens is 865 g/mol. The molecule has 0 aliphatic carbocycles. The number of ether oxygens (including phenoxy) is 3. The van der Waals surface area contributed by atoms with E-state index in [1.807, 2.05) is 0 Å². The molecule has 0 aliphatic heterocycles. The standard InChI is InChI=1S/C64H116O6/c1-4-7-10-13-16-19-22-25-27-29-31-32-34-35-37-39-42-45-48-51-54-57-63(66)69-60-61(59-68-62(65)56-53-50-47-44-41-24-21-18-15-12-9-6-3)70-64(67)58-55-52-49-46-43-40-38-36-33-30-28-26-23-20-17-14-11-8-5-2/h17-18,20-21,26,28-29,31,61H,4-16,19,22-25,27,30,32-60H2,1-3H3/b20-17-,21-18-,28-26-,31-29-. The summed E-state index contributed by atoms with van der Waals surface area (Å²) in [6.45, 7) is 6.62. The molecule has 0 amide bonds. The lowest BCUT2D eigenvalue weighted by molar-refractivity contribution is -0.167. The molecule has 408 valence electrons. The van der Waals surface area contributed by atoms with Crippen LogP contribution >= 0.6 is 0 Å². The van der Waals surface area contributed by atoms with Crippen molar-refractivity contribution in [1.82, 2.24) is 0 Å². The van der Waals surface area contributed by atoms with Gasteiger partial charge in [0.15, 0.2) is 6.10 Å². The molecule has 1 atom stereocenters.